The molecular weight excluding hydrogens is 320 g/mol. The molecule has 0 saturated heterocycles. The molecular formula is C16H17ClN2O4. The second-order valence-corrected chi connectivity index (χ2v) is 5.77. The van der Waals surface area contributed by atoms with Gasteiger partial charge in [0.1, 0.15) is 0 Å². The van der Waals surface area contributed by atoms with Crippen molar-refractivity contribution in [3.8, 4) is 0 Å². The van der Waals surface area contributed by atoms with Crippen LogP contribution in [0.25, 0.3) is 0 Å². The number of amides is 2. The van der Waals surface area contributed by atoms with Crippen LogP contribution in [-0.2, 0) is 9.59 Å². The van der Waals surface area contributed by atoms with Crippen LogP contribution in [0.1, 0.15) is 29.6 Å². The Balaban J connectivity index is 1.88. The minimum absolute atomic E-state index is 0.282. The van der Waals surface area contributed by atoms with Crippen LogP contribution in [0.4, 0.5) is 5.69 Å². The molecule has 0 aliphatic heterocycles. The van der Waals surface area contributed by atoms with E-state index in [9.17, 15) is 14.4 Å². The van der Waals surface area contributed by atoms with Gasteiger partial charge in [0.15, 0.2) is 0 Å². The van der Waals surface area contributed by atoms with Crippen LogP contribution >= 0.6 is 11.8 Å². The van der Waals surface area contributed by atoms with Crippen molar-refractivity contribution in [2.75, 3.05) is 11.9 Å². The zero-order valence-corrected chi connectivity index (χ0v) is 13.1. The summed E-state index contributed by atoms with van der Waals surface area (Å²) in [5.41, 5.74) is 0.885. The molecule has 0 spiro atoms. The van der Waals surface area contributed by atoms with E-state index in [1.807, 2.05) is 0 Å². The first-order chi connectivity index (χ1) is 11.0. The number of carboxylic acid groups (broad SMARTS) is 1. The number of aliphatic carboxylic acids is 1. The molecule has 2 amide bonds. The highest BCUT2D eigenvalue weighted by molar-refractivity contribution is 6.24. The molecule has 0 aromatic heterocycles. The lowest BCUT2D eigenvalue weighted by molar-refractivity contribution is -0.131. The third-order valence-corrected chi connectivity index (χ3v) is 3.75. The number of hydrogen-bond donors (Lipinski definition) is 2. The Bertz CT molecular complexity index is 623. The molecule has 6 nitrogen and oxygen atoms in total. The average Bonchev–Trinajstić information content (AvgIpc) is 3.35. The van der Waals surface area contributed by atoms with Gasteiger partial charge in [-0.2, -0.15) is 0 Å². The highest BCUT2D eigenvalue weighted by atomic mass is 35.5. The van der Waals surface area contributed by atoms with Crippen molar-refractivity contribution in [1.82, 2.24) is 4.42 Å². The zero-order valence-electron chi connectivity index (χ0n) is 12.4. The Hall–Kier alpha value is -2.34. The van der Waals surface area contributed by atoms with E-state index >= 15 is 0 Å². The summed E-state index contributed by atoms with van der Waals surface area (Å²) in [6.45, 7) is 0.517. The molecule has 0 bridgehead atoms. The van der Waals surface area contributed by atoms with Crippen molar-refractivity contribution in [2.45, 2.75) is 19.3 Å². The topological polar surface area (TPSA) is 86.7 Å². The van der Waals surface area contributed by atoms with Crippen LogP contribution in [0.15, 0.2) is 36.4 Å². The van der Waals surface area contributed by atoms with Crippen molar-refractivity contribution in [1.29, 1.82) is 0 Å². The van der Waals surface area contributed by atoms with E-state index in [-0.39, 0.29) is 5.91 Å². The third-order valence-electron chi connectivity index (χ3n) is 3.43. The highest BCUT2D eigenvalue weighted by Gasteiger charge is 2.23. The van der Waals surface area contributed by atoms with E-state index in [0.29, 0.717) is 23.7 Å². The first-order valence-corrected chi connectivity index (χ1v) is 7.59. The quantitative estimate of drug-likeness (QED) is 0.592. The third kappa shape index (κ3) is 5.75. The van der Waals surface area contributed by atoms with Crippen LogP contribution < -0.4 is 5.32 Å². The molecule has 0 radical (unpaired) electrons. The van der Waals surface area contributed by atoms with Crippen molar-refractivity contribution in [3.05, 3.63) is 42.0 Å². The van der Waals surface area contributed by atoms with Crippen molar-refractivity contribution < 1.29 is 19.5 Å². The first kappa shape index (κ1) is 17.0. The van der Waals surface area contributed by atoms with Gasteiger partial charge in [-0.15, -0.1) is 0 Å². The Morgan fingerprint density at radius 2 is 1.87 bits per heavy atom. The molecule has 2 rings (SSSR count). The summed E-state index contributed by atoms with van der Waals surface area (Å²) >= 11 is 5.98. The lowest BCUT2D eigenvalue weighted by atomic mass is 10.2. The number of nitrogens with one attached hydrogen (secondary N) is 1. The molecule has 0 atom stereocenters. The molecule has 23 heavy (non-hydrogen) atoms. The Morgan fingerprint density at radius 1 is 1.22 bits per heavy atom. The molecule has 1 aliphatic rings. The minimum Gasteiger partial charge on any atom is -0.478 e. The smallest absolute Gasteiger partial charge is 0.328 e. The maximum Gasteiger partial charge on any atom is 0.328 e. The summed E-state index contributed by atoms with van der Waals surface area (Å²) in [4.78, 5) is 33.9. The van der Waals surface area contributed by atoms with Crippen molar-refractivity contribution >= 4 is 35.2 Å². The SMILES string of the molecule is O=C(O)/C=C\C(=O)Nc1ccc(C(=O)N(Cl)CCC2CC2)cc1. The first-order valence-electron chi connectivity index (χ1n) is 7.25. The van der Waals surface area contributed by atoms with E-state index < -0.39 is 11.9 Å². The fourth-order valence-electron chi connectivity index (χ4n) is 1.97. The summed E-state index contributed by atoms with van der Waals surface area (Å²) in [7, 11) is 0. The van der Waals surface area contributed by atoms with Gasteiger partial charge in [0.25, 0.3) is 5.91 Å². The van der Waals surface area contributed by atoms with E-state index in [1.54, 1.807) is 24.3 Å². The molecule has 0 unspecified atom stereocenters. The van der Waals surface area contributed by atoms with Gasteiger partial charge in [0, 0.05) is 41.7 Å². The van der Waals surface area contributed by atoms with Crippen LogP contribution in [0.2, 0.25) is 0 Å². The normalized spacial score (nSPS) is 13.8. The maximum absolute atomic E-state index is 12.1. The molecule has 122 valence electrons. The molecule has 1 fully saturated rings. The van der Waals surface area contributed by atoms with E-state index in [0.717, 1.165) is 18.6 Å². The number of nitrogens with zero attached hydrogens (tertiary/aromatic N) is 1. The lowest BCUT2D eigenvalue weighted by Gasteiger charge is -2.13. The average molecular weight is 337 g/mol. The van der Waals surface area contributed by atoms with Gasteiger partial charge >= 0.3 is 5.97 Å². The number of rotatable bonds is 7. The Labute approximate surface area is 138 Å². The molecule has 1 aromatic carbocycles. The Kier molecular flexibility index (Phi) is 5.76. The predicted octanol–water partition coefficient (Wildman–Crippen LogP) is 2.66. The van der Waals surface area contributed by atoms with E-state index in [1.165, 1.54) is 17.3 Å². The molecule has 7 heteroatoms. The van der Waals surface area contributed by atoms with Crippen LogP contribution in [-0.4, -0.2) is 33.9 Å². The fourth-order valence-corrected chi connectivity index (χ4v) is 2.17. The summed E-state index contributed by atoms with van der Waals surface area (Å²) in [5, 5.41) is 10.9. The summed E-state index contributed by atoms with van der Waals surface area (Å²) in [6.07, 6.45) is 5.00. The highest BCUT2D eigenvalue weighted by Crippen LogP contribution is 2.32. The number of carbonyl (C=O) groups excluding carboxylic acids is 2. The monoisotopic (exact) mass is 336 g/mol. The predicted molar refractivity (Wildman–Crippen MR) is 86.1 cm³/mol. The summed E-state index contributed by atoms with van der Waals surface area (Å²) < 4.78 is 1.18. The standard InChI is InChI=1S/C16H17ClN2O4/c17-19(10-9-11-1-2-11)16(23)12-3-5-13(6-4-12)18-14(20)7-8-15(21)22/h3-8,11H,1-2,9-10H2,(H,18,20)(H,21,22)/b8-7-. The second kappa shape index (κ2) is 7.78. The van der Waals surface area contributed by atoms with Gasteiger partial charge in [-0.3, -0.25) is 14.0 Å². The largest absolute Gasteiger partial charge is 0.478 e. The van der Waals surface area contributed by atoms with Gasteiger partial charge in [-0.25, -0.2) is 4.79 Å². The number of carboxylic acids is 1. The van der Waals surface area contributed by atoms with Crippen LogP contribution in [0.3, 0.4) is 0 Å². The van der Waals surface area contributed by atoms with Crippen LogP contribution in [0, 0.1) is 5.92 Å². The van der Waals surface area contributed by atoms with Gasteiger partial charge in [-0.05, 0) is 36.6 Å². The fraction of sp³-hybridized carbons (Fsp3) is 0.312. The number of hydrogen-bond acceptors (Lipinski definition) is 3. The number of benzene rings is 1. The number of halogens is 1. The van der Waals surface area contributed by atoms with Gasteiger partial charge in [0.05, 0.1) is 0 Å². The Morgan fingerprint density at radius 3 is 2.43 bits per heavy atom. The molecule has 2 N–H and O–H groups in total. The van der Waals surface area contributed by atoms with Gasteiger partial charge < -0.3 is 10.4 Å². The van der Waals surface area contributed by atoms with Crippen molar-refractivity contribution in [2.24, 2.45) is 5.92 Å². The number of carbonyl (C=O) groups is 3. The lowest BCUT2D eigenvalue weighted by Crippen LogP contribution is -2.23. The maximum atomic E-state index is 12.1. The molecule has 1 saturated carbocycles. The van der Waals surface area contributed by atoms with Gasteiger partial charge in [-0.1, -0.05) is 12.8 Å². The zero-order chi connectivity index (χ0) is 16.8. The van der Waals surface area contributed by atoms with Gasteiger partial charge in [0.2, 0.25) is 5.91 Å². The molecule has 1 aromatic rings. The van der Waals surface area contributed by atoms with E-state index in [4.69, 9.17) is 16.9 Å². The molecule has 1 aliphatic carbocycles. The minimum atomic E-state index is -1.20. The summed E-state index contributed by atoms with van der Waals surface area (Å²) in [6, 6.07) is 6.24. The molecule has 0 heterocycles. The van der Waals surface area contributed by atoms with E-state index in [2.05, 4.69) is 5.32 Å². The van der Waals surface area contributed by atoms with Crippen LogP contribution in [0.5, 0.6) is 0 Å². The number of anilines is 1. The van der Waals surface area contributed by atoms with Crippen molar-refractivity contribution in [3.63, 3.8) is 0 Å². The second-order valence-electron chi connectivity index (χ2n) is 5.36. The summed E-state index contributed by atoms with van der Waals surface area (Å²) in [5.74, 6) is -1.35.